The number of ether oxygens (including phenoxy) is 1. The Morgan fingerprint density at radius 2 is 2.18 bits per heavy atom. The molecule has 1 rings (SSSR count). The summed E-state index contributed by atoms with van der Waals surface area (Å²) in [5, 5.41) is 6.01. The molecular formula is C12H17ClN2O2. The summed E-state index contributed by atoms with van der Waals surface area (Å²) in [7, 11) is 1.71. The maximum Gasteiger partial charge on any atom is 0.238 e. The van der Waals surface area contributed by atoms with Gasteiger partial charge in [-0.2, -0.15) is 0 Å². The van der Waals surface area contributed by atoms with E-state index in [1.807, 2.05) is 13.8 Å². The normalized spacial score (nSPS) is 10.4. The van der Waals surface area contributed by atoms with Gasteiger partial charge in [0.15, 0.2) is 5.75 Å². The molecule has 0 aliphatic carbocycles. The zero-order chi connectivity index (χ0) is 12.8. The van der Waals surface area contributed by atoms with Crippen molar-refractivity contribution in [3.63, 3.8) is 0 Å². The van der Waals surface area contributed by atoms with Gasteiger partial charge in [-0.05, 0) is 33.0 Å². The zero-order valence-corrected chi connectivity index (χ0v) is 11.0. The molecule has 1 amide bonds. The highest BCUT2D eigenvalue weighted by Crippen LogP contribution is 2.33. The third-order valence-electron chi connectivity index (χ3n) is 1.93. The van der Waals surface area contributed by atoms with E-state index >= 15 is 0 Å². The van der Waals surface area contributed by atoms with Gasteiger partial charge >= 0.3 is 0 Å². The maximum atomic E-state index is 11.5. The van der Waals surface area contributed by atoms with Gasteiger partial charge in [0, 0.05) is 0 Å². The molecule has 0 radical (unpaired) electrons. The average molecular weight is 257 g/mol. The number of hydrogen-bond donors (Lipinski definition) is 2. The van der Waals surface area contributed by atoms with Crippen LogP contribution < -0.4 is 15.4 Å². The van der Waals surface area contributed by atoms with E-state index in [4.69, 9.17) is 16.3 Å². The molecule has 4 nitrogen and oxygen atoms in total. The molecule has 0 unspecified atom stereocenters. The van der Waals surface area contributed by atoms with E-state index in [2.05, 4.69) is 10.6 Å². The van der Waals surface area contributed by atoms with E-state index < -0.39 is 0 Å². The van der Waals surface area contributed by atoms with Crippen LogP contribution in [0.25, 0.3) is 0 Å². The highest BCUT2D eigenvalue weighted by molar-refractivity contribution is 6.32. The molecule has 0 atom stereocenters. The van der Waals surface area contributed by atoms with Crippen LogP contribution in [0.1, 0.15) is 13.8 Å². The minimum Gasteiger partial charge on any atom is -0.487 e. The number of anilines is 1. The van der Waals surface area contributed by atoms with Gasteiger partial charge < -0.3 is 15.4 Å². The van der Waals surface area contributed by atoms with Crippen LogP contribution in [0.2, 0.25) is 5.02 Å². The van der Waals surface area contributed by atoms with Crippen LogP contribution in [0, 0.1) is 0 Å². The standard InChI is InChI=1S/C12H17ClN2O2/c1-8(2)17-12-9(13)5-4-6-10(12)15-11(16)7-14-3/h4-6,8,14H,7H2,1-3H3,(H,15,16). The summed E-state index contributed by atoms with van der Waals surface area (Å²) in [6.07, 6.45) is -0.00477. The molecule has 1 aromatic carbocycles. The third-order valence-corrected chi connectivity index (χ3v) is 2.23. The molecule has 0 aromatic heterocycles. The van der Waals surface area contributed by atoms with Gasteiger partial charge in [-0.1, -0.05) is 17.7 Å². The Balaban J connectivity index is 2.90. The van der Waals surface area contributed by atoms with Crippen molar-refractivity contribution in [2.24, 2.45) is 0 Å². The Kier molecular flexibility index (Phi) is 5.25. The van der Waals surface area contributed by atoms with Gasteiger partial charge in [0.1, 0.15) is 0 Å². The Labute approximate surface area is 106 Å². The molecule has 94 valence electrons. The van der Waals surface area contributed by atoms with Crippen molar-refractivity contribution in [1.29, 1.82) is 0 Å². The van der Waals surface area contributed by atoms with Crippen LogP contribution in [0.5, 0.6) is 5.75 Å². The minimum absolute atomic E-state index is 0.00477. The zero-order valence-electron chi connectivity index (χ0n) is 10.2. The number of benzene rings is 1. The summed E-state index contributed by atoms with van der Waals surface area (Å²) < 4.78 is 5.59. The molecule has 17 heavy (non-hydrogen) atoms. The molecular weight excluding hydrogens is 240 g/mol. The summed E-state index contributed by atoms with van der Waals surface area (Å²) >= 11 is 6.04. The largest absolute Gasteiger partial charge is 0.487 e. The molecule has 0 aliphatic rings. The Morgan fingerprint density at radius 3 is 2.76 bits per heavy atom. The topological polar surface area (TPSA) is 50.4 Å². The molecule has 1 aromatic rings. The van der Waals surface area contributed by atoms with Crippen molar-refractivity contribution in [1.82, 2.24) is 5.32 Å². The fraction of sp³-hybridized carbons (Fsp3) is 0.417. The molecule has 0 heterocycles. The Bertz CT molecular complexity index is 394. The number of para-hydroxylation sites is 1. The number of amides is 1. The van der Waals surface area contributed by atoms with E-state index in [0.717, 1.165) is 0 Å². The predicted molar refractivity (Wildman–Crippen MR) is 69.8 cm³/mol. The van der Waals surface area contributed by atoms with Crippen LogP contribution in [0.15, 0.2) is 18.2 Å². The summed E-state index contributed by atoms with van der Waals surface area (Å²) in [6.45, 7) is 4.05. The fourth-order valence-electron chi connectivity index (χ4n) is 1.32. The van der Waals surface area contributed by atoms with Gasteiger partial charge in [0.05, 0.1) is 23.4 Å². The molecule has 0 spiro atoms. The maximum absolute atomic E-state index is 11.5. The van der Waals surface area contributed by atoms with E-state index in [-0.39, 0.29) is 18.6 Å². The van der Waals surface area contributed by atoms with Crippen molar-refractivity contribution >= 4 is 23.2 Å². The van der Waals surface area contributed by atoms with Crippen LogP contribution in [-0.4, -0.2) is 25.6 Å². The number of hydrogen-bond acceptors (Lipinski definition) is 3. The summed E-state index contributed by atoms with van der Waals surface area (Å²) in [6, 6.07) is 5.26. The Morgan fingerprint density at radius 1 is 1.47 bits per heavy atom. The van der Waals surface area contributed by atoms with E-state index in [0.29, 0.717) is 16.5 Å². The summed E-state index contributed by atoms with van der Waals surface area (Å²) in [5.41, 5.74) is 0.589. The van der Waals surface area contributed by atoms with Crippen molar-refractivity contribution in [2.75, 3.05) is 18.9 Å². The Hall–Kier alpha value is -1.26. The van der Waals surface area contributed by atoms with Crippen LogP contribution in [0.3, 0.4) is 0 Å². The number of halogens is 1. The minimum atomic E-state index is -0.136. The number of carbonyl (C=O) groups excluding carboxylic acids is 1. The average Bonchev–Trinajstić information content (AvgIpc) is 2.23. The number of nitrogens with one attached hydrogen (secondary N) is 2. The second-order valence-corrected chi connectivity index (χ2v) is 4.27. The quantitative estimate of drug-likeness (QED) is 0.850. The highest BCUT2D eigenvalue weighted by Gasteiger charge is 2.12. The van der Waals surface area contributed by atoms with Crippen molar-refractivity contribution in [3.05, 3.63) is 23.2 Å². The lowest BCUT2D eigenvalue weighted by atomic mass is 10.2. The lowest BCUT2D eigenvalue weighted by Crippen LogP contribution is -2.25. The first-order valence-corrected chi connectivity index (χ1v) is 5.82. The van der Waals surface area contributed by atoms with Gasteiger partial charge in [-0.25, -0.2) is 0 Å². The molecule has 2 N–H and O–H groups in total. The lowest BCUT2D eigenvalue weighted by Gasteiger charge is -2.16. The molecule has 0 aliphatic heterocycles. The van der Waals surface area contributed by atoms with E-state index in [1.165, 1.54) is 0 Å². The lowest BCUT2D eigenvalue weighted by molar-refractivity contribution is -0.115. The molecule has 5 heteroatoms. The van der Waals surface area contributed by atoms with Crippen molar-refractivity contribution in [2.45, 2.75) is 20.0 Å². The van der Waals surface area contributed by atoms with Gasteiger partial charge in [-0.3, -0.25) is 4.79 Å². The second-order valence-electron chi connectivity index (χ2n) is 3.86. The molecule has 0 saturated carbocycles. The second kappa shape index (κ2) is 6.47. The summed E-state index contributed by atoms with van der Waals surface area (Å²) in [5.74, 6) is 0.372. The van der Waals surface area contributed by atoms with Crippen LogP contribution >= 0.6 is 11.6 Å². The SMILES string of the molecule is CNCC(=O)Nc1cccc(Cl)c1OC(C)C. The fourth-order valence-corrected chi connectivity index (χ4v) is 1.54. The van der Waals surface area contributed by atoms with Gasteiger partial charge in [0.25, 0.3) is 0 Å². The van der Waals surface area contributed by atoms with Crippen molar-refractivity contribution < 1.29 is 9.53 Å². The van der Waals surface area contributed by atoms with E-state index in [9.17, 15) is 4.79 Å². The molecule has 0 bridgehead atoms. The smallest absolute Gasteiger partial charge is 0.238 e. The monoisotopic (exact) mass is 256 g/mol. The predicted octanol–water partition coefficient (Wildman–Crippen LogP) is 2.29. The number of rotatable bonds is 5. The van der Waals surface area contributed by atoms with Crippen LogP contribution in [0.4, 0.5) is 5.69 Å². The first-order valence-electron chi connectivity index (χ1n) is 5.44. The van der Waals surface area contributed by atoms with E-state index in [1.54, 1.807) is 25.2 Å². The van der Waals surface area contributed by atoms with Gasteiger partial charge in [0.2, 0.25) is 5.91 Å². The first kappa shape index (κ1) is 13.8. The van der Waals surface area contributed by atoms with Gasteiger partial charge in [-0.15, -0.1) is 0 Å². The van der Waals surface area contributed by atoms with Crippen LogP contribution in [-0.2, 0) is 4.79 Å². The molecule has 0 saturated heterocycles. The third kappa shape index (κ3) is 4.24. The highest BCUT2D eigenvalue weighted by atomic mass is 35.5. The van der Waals surface area contributed by atoms with Crippen molar-refractivity contribution in [3.8, 4) is 5.75 Å². The number of likely N-dealkylation sites (N-methyl/N-ethyl adjacent to an activating group) is 1. The molecule has 0 fully saturated rings. The number of carbonyl (C=O) groups is 1. The summed E-state index contributed by atoms with van der Waals surface area (Å²) in [4.78, 5) is 11.5. The first-order chi connectivity index (χ1) is 8.04.